The number of hydrogen-bond donors (Lipinski definition) is 0. The first kappa shape index (κ1) is 22.6. The predicted molar refractivity (Wildman–Crippen MR) is 121 cm³/mol. The molecule has 2 aromatic rings. The monoisotopic (exact) mass is 380 g/mol. The summed E-state index contributed by atoms with van der Waals surface area (Å²) in [7, 11) is 0. The van der Waals surface area contributed by atoms with Gasteiger partial charge < -0.3 is 0 Å². The van der Waals surface area contributed by atoms with Crippen molar-refractivity contribution in [2.75, 3.05) is 0 Å². The molecule has 0 aliphatic carbocycles. The molecule has 0 fully saturated rings. The molecule has 0 saturated heterocycles. The minimum Gasteiger partial charge on any atom is -0.255 e. The van der Waals surface area contributed by atoms with Gasteiger partial charge in [-0.15, -0.1) is 0 Å². The number of rotatable bonds is 12. The SMILES string of the molecule is CCCCCCCCCC(c1ccc(-c2ccccn2)nc1)(C(C)C)C(C)C. The van der Waals surface area contributed by atoms with E-state index >= 15 is 0 Å². The maximum atomic E-state index is 4.80. The third-order valence-electron chi connectivity index (χ3n) is 6.48. The summed E-state index contributed by atoms with van der Waals surface area (Å²) in [6.45, 7) is 11.8. The Morgan fingerprint density at radius 3 is 1.93 bits per heavy atom. The van der Waals surface area contributed by atoms with E-state index < -0.39 is 0 Å². The maximum Gasteiger partial charge on any atom is 0.0886 e. The molecule has 154 valence electrons. The van der Waals surface area contributed by atoms with Crippen molar-refractivity contribution in [2.24, 2.45) is 11.8 Å². The summed E-state index contributed by atoms with van der Waals surface area (Å²) in [5, 5.41) is 0. The minimum absolute atomic E-state index is 0.194. The molecule has 0 amide bonds. The molecule has 0 spiro atoms. The van der Waals surface area contributed by atoms with Crippen LogP contribution in [0, 0.1) is 11.8 Å². The van der Waals surface area contributed by atoms with Crippen LogP contribution in [-0.4, -0.2) is 9.97 Å². The van der Waals surface area contributed by atoms with Gasteiger partial charge in [-0.25, -0.2) is 0 Å². The van der Waals surface area contributed by atoms with E-state index in [2.05, 4.69) is 57.9 Å². The first-order valence-electron chi connectivity index (χ1n) is 11.4. The zero-order chi connectivity index (χ0) is 20.4. The van der Waals surface area contributed by atoms with Gasteiger partial charge in [0.25, 0.3) is 0 Å². The first-order chi connectivity index (χ1) is 13.5. The van der Waals surface area contributed by atoms with Crippen LogP contribution in [-0.2, 0) is 5.41 Å². The van der Waals surface area contributed by atoms with Crippen molar-refractivity contribution < 1.29 is 0 Å². The minimum atomic E-state index is 0.194. The lowest BCUT2D eigenvalue weighted by molar-refractivity contribution is 0.194. The molecule has 0 aliphatic heterocycles. The van der Waals surface area contributed by atoms with E-state index in [0.29, 0.717) is 11.8 Å². The van der Waals surface area contributed by atoms with Crippen molar-refractivity contribution >= 4 is 0 Å². The van der Waals surface area contributed by atoms with Gasteiger partial charge in [0.15, 0.2) is 0 Å². The molecule has 2 aromatic heterocycles. The van der Waals surface area contributed by atoms with Crippen LogP contribution in [0.25, 0.3) is 11.4 Å². The van der Waals surface area contributed by atoms with E-state index in [0.717, 1.165) is 11.4 Å². The highest BCUT2D eigenvalue weighted by Crippen LogP contribution is 2.44. The van der Waals surface area contributed by atoms with Crippen molar-refractivity contribution in [3.63, 3.8) is 0 Å². The second-order valence-electron chi connectivity index (χ2n) is 8.87. The fraction of sp³-hybridized carbons (Fsp3) is 0.615. The highest BCUT2D eigenvalue weighted by atomic mass is 14.8. The Hall–Kier alpha value is -1.70. The van der Waals surface area contributed by atoms with Crippen LogP contribution in [0.3, 0.4) is 0 Å². The first-order valence-corrected chi connectivity index (χ1v) is 11.4. The summed E-state index contributed by atoms with van der Waals surface area (Å²) < 4.78 is 0. The van der Waals surface area contributed by atoms with Crippen LogP contribution >= 0.6 is 0 Å². The molecule has 0 saturated carbocycles. The summed E-state index contributed by atoms with van der Waals surface area (Å²) >= 11 is 0. The van der Waals surface area contributed by atoms with Crippen LogP contribution in [0.5, 0.6) is 0 Å². The molecule has 0 atom stereocenters. The molecular weight excluding hydrogens is 340 g/mol. The quantitative estimate of drug-likeness (QED) is 0.350. The number of hydrogen-bond acceptors (Lipinski definition) is 2. The molecular formula is C26H40N2. The third kappa shape index (κ3) is 5.65. The number of nitrogens with zero attached hydrogens (tertiary/aromatic N) is 2. The van der Waals surface area contributed by atoms with Crippen molar-refractivity contribution in [1.29, 1.82) is 0 Å². The molecule has 2 rings (SSSR count). The Kier molecular flexibility index (Phi) is 9.15. The topological polar surface area (TPSA) is 25.8 Å². The van der Waals surface area contributed by atoms with Crippen molar-refractivity contribution in [3.8, 4) is 11.4 Å². The molecule has 2 nitrogen and oxygen atoms in total. The number of unbranched alkanes of at least 4 members (excludes halogenated alkanes) is 6. The second kappa shape index (κ2) is 11.3. The van der Waals surface area contributed by atoms with Crippen LogP contribution in [0.4, 0.5) is 0 Å². The van der Waals surface area contributed by atoms with E-state index in [1.165, 1.54) is 56.9 Å². The lowest BCUT2D eigenvalue weighted by Crippen LogP contribution is -2.38. The average Bonchev–Trinajstić information content (AvgIpc) is 2.70. The lowest BCUT2D eigenvalue weighted by atomic mass is 9.62. The summed E-state index contributed by atoms with van der Waals surface area (Å²) in [4.78, 5) is 9.24. The standard InChI is InChI=1S/C26H40N2/c1-6-7-8-9-10-11-13-18-26(21(2)3,22(4)5)23-16-17-25(28-20-23)24-15-12-14-19-27-24/h12,14-17,19-22H,6-11,13,18H2,1-5H3. The lowest BCUT2D eigenvalue weighted by Gasteiger charge is -2.42. The largest absolute Gasteiger partial charge is 0.255 e. The van der Waals surface area contributed by atoms with E-state index in [1.807, 2.05) is 24.4 Å². The smallest absolute Gasteiger partial charge is 0.0886 e. The van der Waals surface area contributed by atoms with Gasteiger partial charge >= 0.3 is 0 Å². The van der Waals surface area contributed by atoms with E-state index in [9.17, 15) is 0 Å². The second-order valence-corrected chi connectivity index (χ2v) is 8.87. The van der Waals surface area contributed by atoms with Gasteiger partial charge in [0.05, 0.1) is 11.4 Å². The van der Waals surface area contributed by atoms with Crippen molar-refractivity contribution in [3.05, 3.63) is 48.3 Å². The number of aromatic nitrogens is 2. The van der Waals surface area contributed by atoms with Gasteiger partial charge in [0.2, 0.25) is 0 Å². The fourth-order valence-corrected chi connectivity index (χ4v) is 4.76. The molecule has 28 heavy (non-hydrogen) atoms. The van der Waals surface area contributed by atoms with Crippen molar-refractivity contribution in [2.45, 2.75) is 91.4 Å². The normalized spacial score (nSPS) is 12.1. The average molecular weight is 381 g/mol. The molecule has 0 N–H and O–H groups in total. The predicted octanol–water partition coefficient (Wildman–Crippen LogP) is 7.83. The Labute approximate surface area is 173 Å². The summed E-state index contributed by atoms with van der Waals surface area (Å²) in [5.74, 6) is 1.19. The summed E-state index contributed by atoms with van der Waals surface area (Å²) in [5.41, 5.74) is 3.49. The van der Waals surface area contributed by atoms with Crippen LogP contribution < -0.4 is 0 Å². The van der Waals surface area contributed by atoms with Gasteiger partial charge in [-0.3, -0.25) is 9.97 Å². The molecule has 2 heteroatoms. The zero-order valence-electron chi connectivity index (χ0n) is 18.7. The maximum absolute atomic E-state index is 4.80. The molecule has 2 heterocycles. The highest BCUT2D eigenvalue weighted by Gasteiger charge is 2.38. The van der Waals surface area contributed by atoms with E-state index in [-0.39, 0.29) is 5.41 Å². The molecule has 0 bridgehead atoms. The van der Waals surface area contributed by atoms with E-state index in [4.69, 9.17) is 4.98 Å². The number of pyridine rings is 2. The third-order valence-corrected chi connectivity index (χ3v) is 6.48. The van der Waals surface area contributed by atoms with Gasteiger partial charge in [-0.2, -0.15) is 0 Å². The Bertz CT molecular complexity index is 651. The van der Waals surface area contributed by atoms with Crippen molar-refractivity contribution in [1.82, 2.24) is 9.97 Å². The molecule has 0 aromatic carbocycles. The highest BCUT2D eigenvalue weighted by molar-refractivity contribution is 5.53. The molecule has 0 aliphatic rings. The van der Waals surface area contributed by atoms with Gasteiger partial charge in [-0.1, -0.05) is 91.7 Å². The van der Waals surface area contributed by atoms with Gasteiger partial charge in [0.1, 0.15) is 0 Å². The molecule has 0 unspecified atom stereocenters. The van der Waals surface area contributed by atoms with E-state index in [1.54, 1.807) is 0 Å². The Morgan fingerprint density at radius 1 is 0.750 bits per heavy atom. The van der Waals surface area contributed by atoms with Crippen LogP contribution in [0.1, 0.15) is 91.5 Å². The molecule has 0 radical (unpaired) electrons. The van der Waals surface area contributed by atoms with Crippen LogP contribution in [0.15, 0.2) is 42.7 Å². The van der Waals surface area contributed by atoms with Gasteiger partial charge in [-0.05, 0) is 42.0 Å². The zero-order valence-corrected chi connectivity index (χ0v) is 18.7. The summed E-state index contributed by atoms with van der Waals surface area (Å²) in [6, 6.07) is 10.5. The Balaban J connectivity index is 2.11. The fourth-order valence-electron chi connectivity index (χ4n) is 4.76. The summed E-state index contributed by atoms with van der Waals surface area (Å²) in [6.07, 6.45) is 14.7. The van der Waals surface area contributed by atoms with Crippen LogP contribution in [0.2, 0.25) is 0 Å². The van der Waals surface area contributed by atoms with Gasteiger partial charge in [0, 0.05) is 17.8 Å². The Morgan fingerprint density at radius 2 is 1.39 bits per heavy atom.